The normalized spacial score (nSPS) is 18.9. The van der Waals surface area contributed by atoms with Crippen LogP contribution in [0.1, 0.15) is 44.4 Å². The molecule has 2 aromatic rings. The second-order valence-corrected chi connectivity index (χ2v) is 9.57. The number of benzene rings is 2. The number of fused-ring (bicyclic) bond motifs is 2. The van der Waals surface area contributed by atoms with Crippen LogP contribution in [0.2, 0.25) is 0 Å². The van der Waals surface area contributed by atoms with Gasteiger partial charge in [-0.3, -0.25) is 0 Å². The molecule has 2 aliphatic heterocycles. The van der Waals surface area contributed by atoms with Crippen molar-refractivity contribution < 1.29 is 23.8 Å². The molecule has 0 aliphatic carbocycles. The Bertz CT molecular complexity index is 1240. The second-order valence-electron chi connectivity index (χ2n) is 9.57. The van der Waals surface area contributed by atoms with Crippen molar-refractivity contribution >= 4 is 23.7 Å². The lowest BCUT2D eigenvalue weighted by Gasteiger charge is -2.47. The third kappa shape index (κ3) is 4.25. The number of hydrogen-bond donors (Lipinski definition) is 0. The molecular weight excluding hydrogens is 442 g/mol. The Hall–Kier alpha value is -3.80. The molecule has 6 heteroatoms. The number of carbonyl (C=O) groups excluding carboxylic acids is 2. The smallest absolute Gasteiger partial charge is 0.333 e. The van der Waals surface area contributed by atoms with Crippen molar-refractivity contribution in [2.45, 2.75) is 45.4 Å². The van der Waals surface area contributed by atoms with E-state index in [1.54, 1.807) is 13.8 Å². The molecule has 1 unspecified atom stereocenters. The van der Waals surface area contributed by atoms with Gasteiger partial charge in [-0.2, -0.15) is 0 Å². The van der Waals surface area contributed by atoms with Crippen LogP contribution in [0, 0.1) is 0 Å². The van der Waals surface area contributed by atoms with Crippen molar-refractivity contribution in [3.05, 3.63) is 89.5 Å². The monoisotopic (exact) mass is 473 g/mol. The van der Waals surface area contributed by atoms with Crippen LogP contribution in [0.5, 0.6) is 5.75 Å². The summed E-state index contributed by atoms with van der Waals surface area (Å²) in [5.41, 5.74) is 3.49. The lowest BCUT2D eigenvalue weighted by atomic mass is 9.76. The van der Waals surface area contributed by atoms with Crippen LogP contribution in [0.25, 0.3) is 6.08 Å². The minimum atomic E-state index is -0.812. The van der Waals surface area contributed by atoms with Gasteiger partial charge in [0.15, 0.2) is 0 Å². The number of hydrogen-bond acceptors (Lipinski definition) is 6. The summed E-state index contributed by atoms with van der Waals surface area (Å²) in [7, 11) is 0. The zero-order valence-corrected chi connectivity index (χ0v) is 20.7. The highest BCUT2D eigenvalue weighted by Crippen LogP contribution is 2.54. The molecule has 6 nitrogen and oxygen atoms in total. The Balaban J connectivity index is 1.64. The van der Waals surface area contributed by atoms with Gasteiger partial charge in [0.25, 0.3) is 0 Å². The summed E-state index contributed by atoms with van der Waals surface area (Å²) < 4.78 is 17.5. The Morgan fingerprint density at radius 2 is 1.69 bits per heavy atom. The summed E-state index contributed by atoms with van der Waals surface area (Å²) in [4.78, 5) is 25.9. The molecule has 4 rings (SSSR count). The fourth-order valence-corrected chi connectivity index (χ4v) is 4.65. The molecule has 35 heavy (non-hydrogen) atoms. The summed E-state index contributed by atoms with van der Waals surface area (Å²) in [6, 6.07) is 14.0. The van der Waals surface area contributed by atoms with E-state index in [1.165, 1.54) is 0 Å². The molecule has 0 amide bonds. The molecule has 0 saturated heterocycles. The molecule has 2 aromatic carbocycles. The van der Waals surface area contributed by atoms with Gasteiger partial charge in [0.05, 0.1) is 12.0 Å². The van der Waals surface area contributed by atoms with Gasteiger partial charge in [-0.25, -0.2) is 9.59 Å². The maximum atomic E-state index is 12.0. The molecule has 182 valence electrons. The highest BCUT2D eigenvalue weighted by Gasteiger charge is 2.58. The van der Waals surface area contributed by atoms with Gasteiger partial charge in [-0.15, -0.1) is 0 Å². The van der Waals surface area contributed by atoms with E-state index in [9.17, 15) is 9.59 Å². The molecule has 1 spiro atoms. The van der Waals surface area contributed by atoms with Crippen LogP contribution >= 0.6 is 0 Å². The fourth-order valence-electron chi connectivity index (χ4n) is 4.65. The van der Waals surface area contributed by atoms with E-state index in [1.807, 2.05) is 36.4 Å². The number of esters is 2. The van der Waals surface area contributed by atoms with E-state index in [4.69, 9.17) is 14.2 Å². The molecule has 0 N–H and O–H groups in total. The fraction of sp³-hybridized carbons (Fsp3) is 0.310. The summed E-state index contributed by atoms with van der Waals surface area (Å²) >= 11 is 0. The number of nitrogens with zero attached hydrogens (tertiary/aromatic N) is 1. The van der Waals surface area contributed by atoms with Crippen LogP contribution < -0.4 is 9.64 Å². The van der Waals surface area contributed by atoms with Crippen LogP contribution in [0.4, 0.5) is 5.69 Å². The molecule has 0 bridgehead atoms. The van der Waals surface area contributed by atoms with Gasteiger partial charge < -0.3 is 19.1 Å². The molecule has 2 heterocycles. The minimum absolute atomic E-state index is 0.162. The molecule has 0 saturated carbocycles. The Morgan fingerprint density at radius 3 is 2.40 bits per heavy atom. The highest BCUT2D eigenvalue weighted by molar-refractivity contribution is 5.87. The Kier molecular flexibility index (Phi) is 6.32. The second kappa shape index (κ2) is 9.10. The van der Waals surface area contributed by atoms with Crippen molar-refractivity contribution in [1.29, 1.82) is 0 Å². The van der Waals surface area contributed by atoms with Crippen LogP contribution in [-0.4, -0.2) is 30.8 Å². The Labute approximate surface area is 206 Å². The van der Waals surface area contributed by atoms with Crippen molar-refractivity contribution in [1.82, 2.24) is 0 Å². The third-order valence-electron chi connectivity index (χ3n) is 6.61. The van der Waals surface area contributed by atoms with Gasteiger partial charge in [-0.05, 0) is 69.2 Å². The number of ether oxygens (including phenoxy) is 3. The van der Waals surface area contributed by atoms with Crippen LogP contribution in [-0.2, 0) is 31.1 Å². The van der Waals surface area contributed by atoms with Crippen LogP contribution in [0.15, 0.2) is 72.8 Å². The summed E-state index contributed by atoms with van der Waals surface area (Å²) in [5, 5.41) is 0. The van der Waals surface area contributed by atoms with E-state index in [2.05, 4.69) is 50.1 Å². The lowest BCUT2D eigenvalue weighted by Crippen LogP contribution is -2.60. The molecule has 0 radical (unpaired) electrons. The van der Waals surface area contributed by atoms with Gasteiger partial charge in [0.1, 0.15) is 19.0 Å². The van der Waals surface area contributed by atoms with Gasteiger partial charge in [0.2, 0.25) is 5.72 Å². The lowest BCUT2D eigenvalue weighted by molar-refractivity contribution is -0.140. The quantitative estimate of drug-likeness (QED) is 0.400. The van der Waals surface area contributed by atoms with E-state index in [-0.39, 0.29) is 13.2 Å². The first-order valence-corrected chi connectivity index (χ1v) is 11.6. The summed E-state index contributed by atoms with van der Waals surface area (Å²) in [6.07, 6.45) is 4.11. The molecule has 0 aromatic heterocycles. The first-order valence-electron chi connectivity index (χ1n) is 11.6. The van der Waals surface area contributed by atoms with Gasteiger partial charge >= 0.3 is 11.9 Å². The largest absolute Gasteiger partial charge is 0.463 e. The first-order chi connectivity index (χ1) is 16.6. The SMILES string of the molecule is C=C(C)C(=O)OCCN1c2ccccc2C(C)(C)C12C=Cc1cc(COC(=O)C(=C)C)ccc1O2. The molecule has 1 atom stereocenters. The zero-order chi connectivity index (χ0) is 25.4. The van der Waals surface area contributed by atoms with Crippen LogP contribution in [0.3, 0.4) is 0 Å². The molecular formula is C29H31NO5. The van der Waals surface area contributed by atoms with Crippen molar-refractivity contribution in [3.63, 3.8) is 0 Å². The van der Waals surface area contributed by atoms with E-state index in [0.29, 0.717) is 17.7 Å². The average Bonchev–Trinajstić information content (AvgIpc) is 3.00. The van der Waals surface area contributed by atoms with E-state index >= 15 is 0 Å². The van der Waals surface area contributed by atoms with Gasteiger partial charge in [-0.1, -0.05) is 37.4 Å². The number of para-hydroxylation sites is 1. The van der Waals surface area contributed by atoms with E-state index in [0.717, 1.165) is 28.1 Å². The number of rotatable bonds is 7. The Morgan fingerprint density at radius 1 is 1.00 bits per heavy atom. The topological polar surface area (TPSA) is 65.1 Å². The summed E-state index contributed by atoms with van der Waals surface area (Å²) in [5.74, 6) is -0.0923. The first kappa shape index (κ1) is 24.3. The average molecular weight is 474 g/mol. The zero-order valence-electron chi connectivity index (χ0n) is 20.7. The third-order valence-corrected chi connectivity index (χ3v) is 6.61. The minimum Gasteiger partial charge on any atom is -0.463 e. The van der Waals surface area contributed by atoms with Crippen molar-refractivity contribution in [3.8, 4) is 5.75 Å². The van der Waals surface area contributed by atoms with Crippen molar-refractivity contribution in [2.75, 3.05) is 18.1 Å². The predicted octanol–water partition coefficient (Wildman–Crippen LogP) is 5.32. The maximum Gasteiger partial charge on any atom is 0.333 e. The van der Waals surface area contributed by atoms with Crippen molar-refractivity contribution in [2.24, 2.45) is 0 Å². The molecule has 0 fully saturated rings. The number of carbonyl (C=O) groups is 2. The molecule has 2 aliphatic rings. The predicted molar refractivity (Wildman–Crippen MR) is 136 cm³/mol. The number of anilines is 1. The summed E-state index contributed by atoms with van der Waals surface area (Å²) in [6.45, 7) is 15.7. The van der Waals surface area contributed by atoms with Gasteiger partial charge in [0, 0.05) is 22.4 Å². The maximum absolute atomic E-state index is 12.0. The van der Waals surface area contributed by atoms with E-state index < -0.39 is 23.1 Å². The standard InChI is InChI=1S/C29H31NO5/c1-19(2)26(31)33-16-15-30-24-10-8-7-9-23(24)28(5,6)29(30)14-13-22-17-21(11-12-25(22)35-29)18-34-27(32)20(3)4/h7-14,17H,1,3,15-16,18H2,2,4-6H3. The highest BCUT2D eigenvalue weighted by atomic mass is 16.5.